The van der Waals surface area contributed by atoms with Gasteiger partial charge < -0.3 is 4.74 Å². The number of halogens is 1. The van der Waals surface area contributed by atoms with Gasteiger partial charge in [-0.15, -0.1) is 11.3 Å². The molecule has 1 aromatic heterocycles. The molecule has 4 rings (SSSR count). The molecule has 0 spiro atoms. The van der Waals surface area contributed by atoms with E-state index in [-0.39, 0.29) is 16.2 Å². The van der Waals surface area contributed by atoms with Crippen molar-refractivity contribution in [2.45, 2.75) is 4.90 Å². The van der Waals surface area contributed by atoms with Crippen molar-refractivity contribution in [2.75, 3.05) is 23.8 Å². The SMILES string of the molecule is COc1ccc(-c2csc(NC(=O)c3cccc(S(=O)(=O)N(C)c4ccccc4)c3)n2)cc1F. The number of carbonyl (C=O) groups is 1. The Morgan fingerprint density at radius 3 is 2.53 bits per heavy atom. The summed E-state index contributed by atoms with van der Waals surface area (Å²) < 4.78 is 46.2. The first-order valence-electron chi connectivity index (χ1n) is 10.0. The number of hydrogen-bond donors (Lipinski definition) is 1. The number of amides is 1. The van der Waals surface area contributed by atoms with Crippen molar-refractivity contribution < 1.29 is 22.3 Å². The molecule has 1 N–H and O–H groups in total. The summed E-state index contributed by atoms with van der Waals surface area (Å²) in [6.45, 7) is 0. The van der Waals surface area contributed by atoms with Crippen LogP contribution in [0.2, 0.25) is 0 Å². The van der Waals surface area contributed by atoms with Crippen molar-refractivity contribution >= 4 is 38.1 Å². The monoisotopic (exact) mass is 497 g/mol. The van der Waals surface area contributed by atoms with Gasteiger partial charge in [0.15, 0.2) is 16.7 Å². The minimum atomic E-state index is -3.87. The number of hydrogen-bond acceptors (Lipinski definition) is 6. The number of nitrogens with one attached hydrogen (secondary N) is 1. The number of methoxy groups -OCH3 is 1. The summed E-state index contributed by atoms with van der Waals surface area (Å²) in [5, 5.41) is 4.65. The van der Waals surface area contributed by atoms with E-state index >= 15 is 0 Å². The van der Waals surface area contributed by atoms with E-state index in [2.05, 4.69) is 10.3 Å². The normalized spacial score (nSPS) is 11.1. The van der Waals surface area contributed by atoms with Crippen LogP contribution in [-0.2, 0) is 10.0 Å². The predicted molar refractivity (Wildman–Crippen MR) is 130 cm³/mol. The lowest BCUT2D eigenvalue weighted by Gasteiger charge is -2.19. The average molecular weight is 498 g/mol. The Labute approximate surface area is 200 Å². The van der Waals surface area contributed by atoms with Crippen LogP contribution in [0.5, 0.6) is 5.75 Å². The summed E-state index contributed by atoms with van der Waals surface area (Å²) in [5.74, 6) is -0.904. The molecule has 0 aliphatic heterocycles. The minimum Gasteiger partial charge on any atom is -0.494 e. The van der Waals surface area contributed by atoms with Gasteiger partial charge in [0.25, 0.3) is 15.9 Å². The van der Waals surface area contributed by atoms with Crippen LogP contribution in [0, 0.1) is 5.82 Å². The maximum Gasteiger partial charge on any atom is 0.264 e. The Morgan fingerprint density at radius 2 is 1.82 bits per heavy atom. The summed E-state index contributed by atoms with van der Waals surface area (Å²) >= 11 is 1.17. The van der Waals surface area contributed by atoms with E-state index in [4.69, 9.17) is 4.74 Å². The molecule has 3 aromatic carbocycles. The smallest absolute Gasteiger partial charge is 0.264 e. The number of anilines is 2. The highest BCUT2D eigenvalue weighted by Gasteiger charge is 2.22. The maximum atomic E-state index is 14.0. The number of benzene rings is 3. The molecule has 34 heavy (non-hydrogen) atoms. The highest BCUT2D eigenvalue weighted by atomic mass is 32.2. The van der Waals surface area contributed by atoms with Gasteiger partial charge in [0.1, 0.15) is 0 Å². The summed E-state index contributed by atoms with van der Waals surface area (Å²) in [4.78, 5) is 17.1. The maximum absolute atomic E-state index is 14.0. The van der Waals surface area contributed by atoms with Crippen LogP contribution in [0.4, 0.5) is 15.2 Å². The molecular weight excluding hydrogens is 477 g/mol. The van der Waals surface area contributed by atoms with Crippen molar-refractivity contribution in [3.05, 3.63) is 89.6 Å². The number of rotatable bonds is 7. The van der Waals surface area contributed by atoms with E-state index in [0.717, 1.165) is 4.31 Å². The third kappa shape index (κ3) is 4.78. The molecule has 1 amide bonds. The molecule has 0 fully saturated rings. The Hall–Kier alpha value is -3.76. The fraction of sp³-hybridized carbons (Fsp3) is 0.0833. The van der Waals surface area contributed by atoms with Crippen LogP contribution in [0.3, 0.4) is 0 Å². The van der Waals surface area contributed by atoms with Crippen LogP contribution in [0.15, 0.2) is 83.1 Å². The summed E-state index contributed by atoms with van der Waals surface area (Å²) in [6, 6.07) is 18.9. The van der Waals surface area contributed by atoms with Gasteiger partial charge in [-0.2, -0.15) is 0 Å². The first kappa shape index (κ1) is 23.4. The molecule has 0 radical (unpaired) electrons. The Balaban J connectivity index is 1.53. The molecule has 0 saturated heterocycles. The number of para-hydroxylation sites is 1. The molecule has 0 bridgehead atoms. The van der Waals surface area contributed by atoms with Gasteiger partial charge in [-0.25, -0.2) is 17.8 Å². The van der Waals surface area contributed by atoms with Gasteiger partial charge >= 0.3 is 0 Å². The van der Waals surface area contributed by atoms with Gasteiger partial charge in [-0.1, -0.05) is 24.3 Å². The predicted octanol–water partition coefficient (Wildman–Crippen LogP) is 5.04. The Bertz CT molecular complexity index is 1440. The first-order valence-corrected chi connectivity index (χ1v) is 12.4. The lowest BCUT2D eigenvalue weighted by molar-refractivity contribution is 0.102. The lowest BCUT2D eigenvalue weighted by Crippen LogP contribution is -2.26. The quantitative estimate of drug-likeness (QED) is 0.387. The Kier molecular flexibility index (Phi) is 6.62. The fourth-order valence-electron chi connectivity index (χ4n) is 3.19. The highest BCUT2D eigenvalue weighted by Crippen LogP contribution is 2.29. The molecule has 174 valence electrons. The van der Waals surface area contributed by atoms with Crippen LogP contribution < -0.4 is 14.4 Å². The lowest BCUT2D eigenvalue weighted by atomic mass is 10.1. The minimum absolute atomic E-state index is 0.0139. The number of carbonyl (C=O) groups excluding carboxylic acids is 1. The third-order valence-corrected chi connectivity index (χ3v) is 7.59. The van der Waals surface area contributed by atoms with Gasteiger partial charge in [0, 0.05) is 23.6 Å². The van der Waals surface area contributed by atoms with Gasteiger partial charge in [0.2, 0.25) is 0 Å². The standard InChI is InChI=1S/C24H20FN3O4S2/c1-28(18-8-4-3-5-9-18)34(30,31)19-10-6-7-17(13-19)23(29)27-24-26-21(15-33-24)16-11-12-22(32-2)20(25)14-16/h3-15H,1-2H3,(H,26,27,29). The molecule has 7 nitrogen and oxygen atoms in total. The van der Waals surface area contributed by atoms with Crippen LogP contribution >= 0.6 is 11.3 Å². The molecular formula is C24H20FN3O4S2. The van der Waals surface area contributed by atoms with Crippen molar-refractivity contribution in [1.29, 1.82) is 0 Å². The number of thiazole rings is 1. The van der Waals surface area contributed by atoms with E-state index in [1.807, 2.05) is 0 Å². The molecule has 0 saturated carbocycles. The zero-order chi connectivity index (χ0) is 24.3. The first-order chi connectivity index (χ1) is 16.3. The largest absolute Gasteiger partial charge is 0.494 e. The highest BCUT2D eigenvalue weighted by molar-refractivity contribution is 7.92. The number of ether oxygens (including phenoxy) is 1. The van der Waals surface area contributed by atoms with E-state index in [1.165, 1.54) is 61.9 Å². The topological polar surface area (TPSA) is 88.6 Å². The molecule has 0 atom stereocenters. The molecule has 4 aromatic rings. The van der Waals surface area contributed by atoms with Crippen molar-refractivity contribution in [1.82, 2.24) is 4.98 Å². The number of sulfonamides is 1. The van der Waals surface area contributed by atoms with Crippen molar-refractivity contribution in [2.24, 2.45) is 0 Å². The second kappa shape index (κ2) is 9.62. The van der Waals surface area contributed by atoms with E-state index in [9.17, 15) is 17.6 Å². The molecule has 0 unspecified atom stereocenters. The fourth-order valence-corrected chi connectivity index (χ4v) is 5.15. The zero-order valence-corrected chi connectivity index (χ0v) is 19.9. The van der Waals surface area contributed by atoms with E-state index in [1.54, 1.807) is 41.8 Å². The average Bonchev–Trinajstić information content (AvgIpc) is 3.32. The molecule has 10 heteroatoms. The molecule has 0 aliphatic rings. The van der Waals surface area contributed by atoms with Crippen molar-refractivity contribution in [3.63, 3.8) is 0 Å². The van der Waals surface area contributed by atoms with Gasteiger partial charge in [-0.05, 0) is 48.5 Å². The molecule has 0 aliphatic carbocycles. The van der Waals surface area contributed by atoms with E-state index in [0.29, 0.717) is 22.1 Å². The van der Waals surface area contributed by atoms with Crippen LogP contribution in [-0.4, -0.2) is 33.5 Å². The van der Waals surface area contributed by atoms with E-state index < -0.39 is 21.7 Å². The van der Waals surface area contributed by atoms with Crippen molar-refractivity contribution in [3.8, 4) is 17.0 Å². The van der Waals surface area contributed by atoms with Gasteiger partial charge in [0.05, 0.1) is 23.4 Å². The second-order valence-corrected chi connectivity index (χ2v) is 10.0. The van der Waals surface area contributed by atoms with Gasteiger partial charge in [-0.3, -0.25) is 14.4 Å². The summed E-state index contributed by atoms with van der Waals surface area (Å²) in [7, 11) is -1.03. The summed E-state index contributed by atoms with van der Waals surface area (Å²) in [5.41, 5.74) is 1.69. The van der Waals surface area contributed by atoms with Crippen LogP contribution in [0.1, 0.15) is 10.4 Å². The summed E-state index contributed by atoms with van der Waals surface area (Å²) in [6.07, 6.45) is 0. The number of nitrogens with zero attached hydrogens (tertiary/aromatic N) is 2. The van der Waals surface area contributed by atoms with Crippen LogP contribution in [0.25, 0.3) is 11.3 Å². The number of aromatic nitrogens is 1. The Morgan fingerprint density at radius 1 is 1.06 bits per heavy atom. The third-order valence-electron chi connectivity index (χ3n) is 5.05. The zero-order valence-electron chi connectivity index (χ0n) is 18.2. The second-order valence-electron chi connectivity index (χ2n) is 7.18. The molecule has 1 heterocycles.